The van der Waals surface area contributed by atoms with Crippen LogP contribution < -0.4 is 5.32 Å². The molecule has 376 valence electrons. The zero-order chi connectivity index (χ0) is 49.3. The van der Waals surface area contributed by atoms with Crippen LogP contribution in [0.2, 0.25) is 0 Å². The Morgan fingerprint density at radius 1 is 0.690 bits per heavy atom. The molecule has 15 nitrogen and oxygen atoms in total. The largest absolute Gasteiger partial charge is 0.478 e. The molecular formula is C55H69ClN10O5. The number of rotatable bonds is 14. The number of H-pyrrole nitrogens is 2. The van der Waals surface area contributed by atoms with Crippen LogP contribution in [-0.2, 0) is 35.2 Å². The third-order valence-electron chi connectivity index (χ3n) is 12.9. The summed E-state index contributed by atoms with van der Waals surface area (Å²) in [6.07, 6.45) is 7.19. The molecule has 8 rings (SSSR count). The second-order valence-corrected chi connectivity index (χ2v) is 17.4. The highest BCUT2D eigenvalue weighted by molar-refractivity contribution is 5.97. The number of nitrogens with zero attached hydrogens (tertiary/aromatic N) is 7. The molecule has 2 fully saturated rings. The summed E-state index contributed by atoms with van der Waals surface area (Å²) in [7, 11) is 3.29. The molecule has 2 aromatic heterocycles. The van der Waals surface area contributed by atoms with Crippen molar-refractivity contribution in [3.8, 4) is 34.9 Å². The first-order chi connectivity index (χ1) is 33.5. The number of carboxylic acid groups (broad SMARTS) is 1. The van der Waals surface area contributed by atoms with Gasteiger partial charge in [-0.3, -0.25) is 15.0 Å². The minimum Gasteiger partial charge on any atom is -0.478 e. The Balaban J connectivity index is 0.000000252. The lowest BCUT2D eigenvalue weighted by Crippen LogP contribution is -2.38. The first kappa shape index (κ1) is 56.8. The van der Waals surface area contributed by atoms with Crippen molar-refractivity contribution in [1.82, 2.24) is 40.6 Å². The molecule has 71 heavy (non-hydrogen) atoms. The van der Waals surface area contributed by atoms with Crippen molar-refractivity contribution >= 4 is 24.3 Å². The highest BCUT2D eigenvalue weighted by Crippen LogP contribution is 2.32. The van der Waals surface area contributed by atoms with E-state index in [0.29, 0.717) is 60.7 Å². The van der Waals surface area contributed by atoms with Crippen LogP contribution in [0.1, 0.15) is 136 Å². The number of carbonyl (C=O) groups is 2. The highest BCUT2D eigenvalue weighted by atomic mass is 35.5. The summed E-state index contributed by atoms with van der Waals surface area (Å²) in [5.41, 5.74) is 10.6. The van der Waals surface area contributed by atoms with Gasteiger partial charge in [0.1, 0.15) is 11.6 Å². The molecule has 0 spiro atoms. The monoisotopic (exact) mass is 985 g/mol. The van der Waals surface area contributed by atoms with Gasteiger partial charge in [-0.1, -0.05) is 57.7 Å². The van der Waals surface area contributed by atoms with E-state index in [1.54, 1.807) is 27.2 Å². The number of aromatic carboxylic acids is 1. The fraction of sp³-hybridized carbons (Fsp3) is 0.418. The molecule has 0 radical (unpaired) electrons. The summed E-state index contributed by atoms with van der Waals surface area (Å²) in [6.45, 7) is 12.7. The molecule has 4 N–H and O–H groups in total. The van der Waals surface area contributed by atoms with E-state index in [-0.39, 0.29) is 31.3 Å². The topological polar surface area (TPSA) is 219 Å². The summed E-state index contributed by atoms with van der Waals surface area (Å²) in [6, 6.07) is 27.8. The van der Waals surface area contributed by atoms with Gasteiger partial charge < -0.3 is 24.8 Å². The van der Waals surface area contributed by atoms with Gasteiger partial charge >= 0.3 is 5.97 Å². The molecule has 0 unspecified atom stereocenters. The third kappa shape index (κ3) is 15.1. The first-order valence-electron chi connectivity index (χ1n) is 23.8. The number of aryl methyl sites for hydroxylation is 4. The lowest BCUT2D eigenvalue weighted by atomic mass is 9.88. The Kier molecular flexibility index (Phi) is 22.6. The average Bonchev–Trinajstić information content (AvgIpc) is 4.08. The maximum atomic E-state index is 13.5. The number of nitrogens with one attached hydrogen (secondary N) is 3. The number of carboxylic acids is 1. The van der Waals surface area contributed by atoms with Gasteiger partial charge in [0.25, 0.3) is 5.91 Å². The number of hydrogen-bond donors (Lipinski definition) is 4. The van der Waals surface area contributed by atoms with E-state index in [2.05, 4.69) is 72.9 Å². The van der Waals surface area contributed by atoms with E-state index in [9.17, 15) is 14.7 Å². The number of aromatic amines is 2. The maximum Gasteiger partial charge on any atom is 0.335 e. The normalized spacial score (nSPS) is 13.5. The first-order valence-corrected chi connectivity index (χ1v) is 23.8. The van der Waals surface area contributed by atoms with Crippen LogP contribution in [0.25, 0.3) is 22.8 Å². The second kappa shape index (κ2) is 28.2. The number of piperidine rings is 2. The Bertz CT molecular complexity index is 2730. The van der Waals surface area contributed by atoms with Crippen molar-refractivity contribution in [1.29, 1.82) is 10.5 Å². The van der Waals surface area contributed by atoms with Crippen LogP contribution >= 0.6 is 12.4 Å². The SMILES string of the molecule is C.CCc1cc(C)c(C(=O)N2CCC(c3ccc(C#N)cc3)CC2)cc1-c1n[nH]c(CCOC)n1.CCc1cc(C)c(C(=O)O)cc1-c1n[nH]c(CCOC)n1.Cl.N#Cc1ccc(C2CCNCC2)cc1. The average molecular weight is 986 g/mol. The molecule has 0 atom stereocenters. The number of benzene rings is 4. The molecular weight excluding hydrogens is 916 g/mol. The van der Waals surface area contributed by atoms with Crippen LogP contribution in [0.5, 0.6) is 0 Å². The van der Waals surface area contributed by atoms with Gasteiger partial charge in [0.2, 0.25) is 0 Å². The van der Waals surface area contributed by atoms with E-state index in [0.717, 1.165) is 102 Å². The summed E-state index contributed by atoms with van der Waals surface area (Å²) in [5, 5.41) is 44.8. The Morgan fingerprint density at radius 3 is 1.52 bits per heavy atom. The smallest absolute Gasteiger partial charge is 0.335 e. The molecule has 0 bridgehead atoms. The fourth-order valence-corrected chi connectivity index (χ4v) is 8.85. The molecule has 0 aliphatic carbocycles. The minimum atomic E-state index is -0.938. The number of aromatic nitrogens is 6. The van der Waals surface area contributed by atoms with Crippen LogP contribution in [-0.4, -0.2) is 106 Å². The van der Waals surface area contributed by atoms with Crippen LogP contribution in [0.4, 0.5) is 0 Å². The van der Waals surface area contributed by atoms with Gasteiger partial charge in [0.15, 0.2) is 11.6 Å². The van der Waals surface area contributed by atoms with Crippen molar-refractivity contribution in [3.63, 3.8) is 0 Å². The molecule has 2 aliphatic rings. The number of carbonyl (C=O) groups excluding carboxylic acids is 1. The minimum absolute atomic E-state index is 0. The van der Waals surface area contributed by atoms with Crippen molar-refractivity contribution in [2.45, 2.75) is 98.3 Å². The number of ether oxygens (including phenoxy) is 2. The zero-order valence-electron chi connectivity index (χ0n) is 41.1. The maximum absolute atomic E-state index is 13.5. The number of halogens is 1. The van der Waals surface area contributed by atoms with Crippen molar-refractivity contribution in [3.05, 3.63) is 140 Å². The Hall–Kier alpha value is -6.75. The zero-order valence-corrected chi connectivity index (χ0v) is 41.9. The highest BCUT2D eigenvalue weighted by Gasteiger charge is 2.27. The van der Waals surface area contributed by atoms with Gasteiger partial charge in [0.05, 0.1) is 42.0 Å². The van der Waals surface area contributed by atoms with E-state index in [4.69, 9.17) is 20.0 Å². The second-order valence-electron chi connectivity index (χ2n) is 17.4. The van der Waals surface area contributed by atoms with Gasteiger partial charge in [-0.15, -0.1) is 12.4 Å². The summed E-state index contributed by atoms with van der Waals surface area (Å²) < 4.78 is 10.1. The van der Waals surface area contributed by atoms with Gasteiger partial charge in [-0.2, -0.15) is 20.7 Å². The summed E-state index contributed by atoms with van der Waals surface area (Å²) in [5.74, 6) is 2.88. The molecule has 16 heteroatoms. The lowest BCUT2D eigenvalue weighted by Gasteiger charge is -2.33. The number of hydrogen-bond acceptors (Lipinski definition) is 11. The molecule has 0 saturated carbocycles. The van der Waals surface area contributed by atoms with E-state index in [1.165, 1.54) is 24.0 Å². The van der Waals surface area contributed by atoms with E-state index in [1.807, 2.05) is 67.3 Å². The van der Waals surface area contributed by atoms with Crippen molar-refractivity contribution in [2.24, 2.45) is 0 Å². The molecule has 4 heterocycles. The molecule has 2 saturated heterocycles. The number of amides is 1. The molecule has 2 aliphatic heterocycles. The number of likely N-dealkylation sites (tertiary alicyclic amines) is 1. The molecule has 6 aromatic rings. The van der Waals surface area contributed by atoms with E-state index >= 15 is 0 Å². The fourth-order valence-electron chi connectivity index (χ4n) is 8.85. The molecule has 4 aromatic carbocycles. The van der Waals surface area contributed by atoms with Crippen LogP contribution in [0.15, 0.2) is 72.8 Å². The van der Waals surface area contributed by atoms with Crippen LogP contribution in [0, 0.1) is 36.5 Å². The number of methoxy groups -OCH3 is 2. The predicted octanol–water partition coefficient (Wildman–Crippen LogP) is 9.74. The van der Waals surface area contributed by atoms with Crippen molar-refractivity contribution < 1.29 is 24.2 Å². The van der Waals surface area contributed by atoms with Gasteiger partial charge in [0, 0.05) is 56.8 Å². The predicted molar refractivity (Wildman–Crippen MR) is 279 cm³/mol. The van der Waals surface area contributed by atoms with Crippen LogP contribution in [0.3, 0.4) is 0 Å². The molecule has 1 amide bonds. The Morgan fingerprint density at radius 2 is 1.11 bits per heavy atom. The number of nitriles is 2. The lowest BCUT2D eigenvalue weighted by molar-refractivity contribution is 0.0692. The third-order valence-corrected chi connectivity index (χ3v) is 12.9. The van der Waals surface area contributed by atoms with Gasteiger partial charge in [-0.05, 0) is 147 Å². The Labute approximate surface area is 424 Å². The van der Waals surface area contributed by atoms with Crippen molar-refractivity contribution in [2.75, 3.05) is 53.6 Å². The van der Waals surface area contributed by atoms with Gasteiger partial charge in [-0.25, -0.2) is 14.8 Å². The quantitative estimate of drug-likeness (QED) is 0.0802. The van der Waals surface area contributed by atoms with E-state index < -0.39 is 5.97 Å². The summed E-state index contributed by atoms with van der Waals surface area (Å²) >= 11 is 0. The summed E-state index contributed by atoms with van der Waals surface area (Å²) in [4.78, 5) is 35.8. The standard InChI is InChI=1S/C27H31N5O2.C15H19N3O3.C12H14N2.CH4.ClH/c1-4-20-15-18(2)23(16-24(20)26-29-25(30-31-26)11-14-34-3)27(33)32-12-9-22(10-13-32)21-7-5-19(17-28)6-8-21;1-4-10-7-9(2)11(15(19)20)8-12(10)14-16-13(17-18-14)5-6-21-3;13-9-10-1-3-11(4-2-10)12-5-7-14-8-6-12;;/h5-8,15-16,22H,4,9-14H2,1-3H3,(H,29,30,31);7-8H,4-6H2,1-3H3,(H,19,20)(H,16,17,18);1-4,12,14H,5-8H2;1H4;1H.